The van der Waals surface area contributed by atoms with Crippen LogP contribution in [0.4, 0.5) is 0 Å². The maximum Gasteiger partial charge on any atom is 0.0593 e. The summed E-state index contributed by atoms with van der Waals surface area (Å²) in [5.74, 6) is 0.896. The number of rotatable bonds is 8. The van der Waals surface area contributed by atoms with Gasteiger partial charge in [-0.3, -0.25) is 0 Å². The molecule has 0 atom stereocenters. The van der Waals surface area contributed by atoms with Crippen molar-refractivity contribution in [2.45, 2.75) is 33.1 Å². The van der Waals surface area contributed by atoms with Crippen LogP contribution >= 0.6 is 0 Å². The van der Waals surface area contributed by atoms with E-state index in [1.807, 2.05) is 0 Å². The summed E-state index contributed by atoms with van der Waals surface area (Å²) in [6.07, 6.45) is 3.80. The molecule has 1 aliphatic heterocycles. The Morgan fingerprint density at radius 3 is 2.56 bits per heavy atom. The third kappa shape index (κ3) is 5.83. The molecule has 0 bridgehead atoms. The van der Waals surface area contributed by atoms with Crippen molar-refractivity contribution in [2.75, 3.05) is 45.9 Å². The Morgan fingerprint density at radius 2 is 1.94 bits per heavy atom. The van der Waals surface area contributed by atoms with Crippen molar-refractivity contribution in [3.63, 3.8) is 0 Å². The van der Waals surface area contributed by atoms with Gasteiger partial charge in [-0.1, -0.05) is 13.8 Å². The van der Waals surface area contributed by atoms with Gasteiger partial charge in [-0.2, -0.15) is 0 Å². The molecule has 0 aliphatic carbocycles. The smallest absolute Gasteiger partial charge is 0.0593 e. The number of nitrogens with zero attached hydrogens (tertiary/aromatic N) is 1. The Hall–Kier alpha value is -0.120. The van der Waals surface area contributed by atoms with Gasteiger partial charge in [0.15, 0.2) is 0 Å². The van der Waals surface area contributed by atoms with Gasteiger partial charge in [0.05, 0.1) is 6.61 Å². The SMILES string of the molecule is CCCOCCN(CC)CC1CCNCC1. The summed E-state index contributed by atoms with van der Waals surface area (Å²) in [5, 5.41) is 3.42. The summed E-state index contributed by atoms with van der Waals surface area (Å²) >= 11 is 0. The molecule has 1 fully saturated rings. The fraction of sp³-hybridized carbons (Fsp3) is 1.00. The molecule has 1 heterocycles. The number of ether oxygens (including phenoxy) is 1. The van der Waals surface area contributed by atoms with E-state index >= 15 is 0 Å². The lowest BCUT2D eigenvalue weighted by Gasteiger charge is -2.29. The summed E-state index contributed by atoms with van der Waals surface area (Å²) in [7, 11) is 0. The molecule has 16 heavy (non-hydrogen) atoms. The standard InChI is InChI=1S/C13H28N2O/c1-3-10-16-11-9-15(4-2)12-13-5-7-14-8-6-13/h13-14H,3-12H2,1-2H3. The monoisotopic (exact) mass is 228 g/mol. The lowest BCUT2D eigenvalue weighted by molar-refractivity contribution is 0.0971. The van der Waals surface area contributed by atoms with E-state index in [9.17, 15) is 0 Å². The molecule has 0 radical (unpaired) electrons. The predicted octanol–water partition coefficient (Wildman–Crippen LogP) is 1.73. The number of nitrogens with one attached hydrogen (secondary N) is 1. The maximum atomic E-state index is 5.55. The van der Waals surface area contributed by atoms with Crippen molar-refractivity contribution in [1.29, 1.82) is 0 Å². The van der Waals surface area contributed by atoms with Crippen molar-refractivity contribution in [3.05, 3.63) is 0 Å². The number of piperidine rings is 1. The molecular weight excluding hydrogens is 200 g/mol. The van der Waals surface area contributed by atoms with Crippen LogP contribution in [0.1, 0.15) is 33.1 Å². The highest BCUT2D eigenvalue weighted by molar-refractivity contribution is 4.72. The van der Waals surface area contributed by atoms with Crippen LogP contribution in [-0.4, -0.2) is 50.8 Å². The zero-order valence-corrected chi connectivity index (χ0v) is 11.0. The van der Waals surface area contributed by atoms with Crippen LogP contribution in [0.15, 0.2) is 0 Å². The van der Waals surface area contributed by atoms with E-state index in [4.69, 9.17) is 4.74 Å². The van der Waals surface area contributed by atoms with E-state index < -0.39 is 0 Å². The van der Waals surface area contributed by atoms with E-state index in [-0.39, 0.29) is 0 Å². The van der Waals surface area contributed by atoms with Gasteiger partial charge in [-0.05, 0) is 44.8 Å². The molecule has 0 aromatic rings. The van der Waals surface area contributed by atoms with Crippen LogP contribution in [0.3, 0.4) is 0 Å². The third-order valence-electron chi connectivity index (χ3n) is 3.32. The second-order valence-corrected chi connectivity index (χ2v) is 4.70. The van der Waals surface area contributed by atoms with E-state index in [2.05, 4.69) is 24.1 Å². The van der Waals surface area contributed by atoms with Gasteiger partial charge in [0.2, 0.25) is 0 Å². The Morgan fingerprint density at radius 1 is 1.19 bits per heavy atom. The van der Waals surface area contributed by atoms with Crippen molar-refractivity contribution < 1.29 is 4.74 Å². The Bertz CT molecular complexity index is 158. The lowest BCUT2D eigenvalue weighted by atomic mass is 9.97. The Balaban J connectivity index is 2.09. The first-order valence-corrected chi connectivity index (χ1v) is 6.87. The summed E-state index contributed by atoms with van der Waals surface area (Å²) < 4.78 is 5.55. The molecule has 0 spiro atoms. The molecule has 0 amide bonds. The first-order chi connectivity index (χ1) is 7.86. The summed E-state index contributed by atoms with van der Waals surface area (Å²) in [6, 6.07) is 0. The molecular formula is C13H28N2O. The van der Waals surface area contributed by atoms with Gasteiger partial charge in [0.1, 0.15) is 0 Å². The molecule has 3 nitrogen and oxygen atoms in total. The molecule has 3 heteroatoms. The Kier molecular flexibility index (Phi) is 7.81. The first kappa shape index (κ1) is 13.9. The number of hydrogen-bond acceptors (Lipinski definition) is 3. The topological polar surface area (TPSA) is 24.5 Å². The second-order valence-electron chi connectivity index (χ2n) is 4.70. The fourth-order valence-corrected chi connectivity index (χ4v) is 2.25. The lowest BCUT2D eigenvalue weighted by Crippen LogP contribution is -2.37. The molecule has 0 unspecified atom stereocenters. The van der Waals surface area contributed by atoms with Crippen LogP contribution in [0, 0.1) is 5.92 Å². The largest absolute Gasteiger partial charge is 0.380 e. The highest BCUT2D eigenvalue weighted by Crippen LogP contribution is 2.13. The second kappa shape index (κ2) is 8.97. The molecule has 1 saturated heterocycles. The van der Waals surface area contributed by atoms with E-state index in [0.29, 0.717) is 0 Å². The molecule has 0 aromatic carbocycles. The van der Waals surface area contributed by atoms with Crippen LogP contribution in [-0.2, 0) is 4.74 Å². The predicted molar refractivity (Wildman–Crippen MR) is 68.8 cm³/mol. The normalized spacial score (nSPS) is 18.2. The average molecular weight is 228 g/mol. The Labute approximate surface area is 101 Å². The van der Waals surface area contributed by atoms with Gasteiger partial charge < -0.3 is 15.0 Å². The van der Waals surface area contributed by atoms with Crippen molar-refractivity contribution in [2.24, 2.45) is 5.92 Å². The molecule has 1 N–H and O–H groups in total. The van der Waals surface area contributed by atoms with Crippen LogP contribution < -0.4 is 5.32 Å². The summed E-state index contributed by atoms with van der Waals surface area (Å²) in [6.45, 7) is 12.1. The quantitative estimate of drug-likeness (QED) is 0.640. The average Bonchev–Trinajstić information content (AvgIpc) is 2.34. The minimum absolute atomic E-state index is 0.895. The van der Waals surface area contributed by atoms with Gasteiger partial charge in [0, 0.05) is 19.7 Å². The molecule has 96 valence electrons. The molecule has 0 saturated carbocycles. The first-order valence-electron chi connectivity index (χ1n) is 6.87. The van der Waals surface area contributed by atoms with Crippen molar-refractivity contribution in [3.8, 4) is 0 Å². The van der Waals surface area contributed by atoms with E-state index in [1.54, 1.807) is 0 Å². The van der Waals surface area contributed by atoms with Gasteiger partial charge in [0.25, 0.3) is 0 Å². The third-order valence-corrected chi connectivity index (χ3v) is 3.32. The van der Waals surface area contributed by atoms with Gasteiger partial charge in [-0.15, -0.1) is 0 Å². The molecule has 1 aliphatic rings. The maximum absolute atomic E-state index is 5.55. The zero-order valence-electron chi connectivity index (χ0n) is 11.0. The highest BCUT2D eigenvalue weighted by atomic mass is 16.5. The van der Waals surface area contributed by atoms with Crippen molar-refractivity contribution >= 4 is 0 Å². The van der Waals surface area contributed by atoms with Crippen LogP contribution in [0.5, 0.6) is 0 Å². The molecule has 1 rings (SSSR count). The highest BCUT2D eigenvalue weighted by Gasteiger charge is 2.15. The van der Waals surface area contributed by atoms with E-state index in [0.717, 1.165) is 38.6 Å². The molecule has 0 aromatic heterocycles. The number of hydrogen-bond donors (Lipinski definition) is 1. The fourth-order valence-electron chi connectivity index (χ4n) is 2.25. The minimum Gasteiger partial charge on any atom is -0.380 e. The van der Waals surface area contributed by atoms with E-state index in [1.165, 1.54) is 32.5 Å². The zero-order chi connectivity index (χ0) is 11.6. The summed E-state index contributed by atoms with van der Waals surface area (Å²) in [4.78, 5) is 2.53. The minimum atomic E-state index is 0.895. The van der Waals surface area contributed by atoms with Crippen molar-refractivity contribution in [1.82, 2.24) is 10.2 Å². The van der Waals surface area contributed by atoms with Crippen LogP contribution in [0.25, 0.3) is 0 Å². The van der Waals surface area contributed by atoms with Gasteiger partial charge in [-0.25, -0.2) is 0 Å². The summed E-state index contributed by atoms with van der Waals surface area (Å²) in [5.41, 5.74) is 0. The van der Waals surface area contributed by atoms with Gasteiger partial charge >= 0.3 is 0 Å². The van der Waals surface area contributed by atoms with Crippen LogP contribution in [0.2, 0.25) is 0 Å². The number of likely N-dealkylation sites (N-methyl/N-ethyl adjacent to an activating group) is 1.